The van der Waals surface area contributed by atoms with Crippen LogP contribution < -0.4 is 10.4 Å². The van der Waals surface area contributed by atoms with Crippen LogP contribution in [0.4, 0.5) is 0 Å². The van der Waals surface area contributed by atoms with Gasteiger partial charge in [-0.15, -0.1) is 6.42 Å². The molecule has 0 aliphatic heterocycles. The van der Waals surface area contributed by atoms with E-state index < -0.39 is 5.63 Å². The molecule has 86 valence electrons. The Morgan fingerprint density at radius 3 is 2.94 bits per heavy atom. The molecule has 1 heterocycles. The standard InChI is InChI=1S/C13H16O3/c1-4-6-10(3)12-8-11(15-7-5-2)9-13(14)16-12/h2,8-10H,4,6-7H2,1,3H3/t10-/m1/s1. The number of ether oxygens (including phenoxy) is 1. The van der Waals surface area contributed by atoms with Crippen LogP contribution in [0, 0.1) is 12.3 Å². The van der Waals surface area contributed by atoms with Crippen molar-refractivity contribution in [1.82, 2.24) is 0 Å². The molecule has 1 aromatic heterocycles. The molecule has 1 aromatic rings. The Morgan fingerprint density at radius 1 is 1.56 bits per heavy atom. The lowest BCUT2D eigenvalue weighted by Crippen LogP contribution is -2.05. The number of rotatable bonds is 5. The third-order valence-corrected chi connectivity index (χ3v) is 2.29. The highest BCUT2D eigenvalue weighted by atomic mass is 16.5. The summed E-state index contributed by atoms with van der Waals surface area (Å²) >= 11 is 0. The van der Waals surface area contributed by atoms with Crippen molar-refractivity contribution in [3.63, 3.8) is 0 Å². The molecule has 0 amide bonds. The molecule has 0 aliphatic carbocycles. The van der Waals surface area contributed by atoms with Gasteiger partial charge in [-0.05, 0) is 6.42 Å². The quantitative estimate of drug-likeness (QED) is 0.716. The molecule has 0 radical (unpaired) electrons. The Morgan fingerprint density at radius 2 is 2.31 bits per heavy atom. The minimum Gasteiger partial charge on any atom is -0.481 e. The zero-order valence-corrected chi connectivity index (χ0v) is 9.66. The molecule has 1 atom stereocenters. The summed E-state index contributed by atoms with van der Waals surface area (Å²) in [5.74, 6) is 3.70. The van der Waals surface area contributed by atoms with Gasteiger partial charge in [-0.25, -0.2) is 4.79 Å². The largest absolute Gasteiger partial charge is 0.481 e. The van der Waals surface area contributed by atoms with Gasteiger partial charge in [-0.3, -0.25) is 0 Å². The average Bonchev–Trinajstić information content (AvgIpc) is 2.26. The molecule has 16 heavy (non-hydrogen) atoms. The second-order valence-corrected chi connectivity index (χ2v) is 3.70. The van der Waals surface area contributed by atoms with Gasteiger partial charge in [0, 0.05) is 12.0 Å². The lowest BCUT2D eigenvalue weighted by Gasteiger charge is -2.09. The molecular weight excluding hydrogens is 204 g/mol. The first-order chi connectivity index (χ1) is 7.67. The average molecular weight is 220 g/mol. The zero-order valence-electron chi connectivity index (χ0n) is 9.66. The Balaban J connectivity index is 2.90. The molecule has 0 saturated heterocycles. The summed E-state index contributed by atoms with van der Waals surface area (Å²) < 4.78 is 10.3. The van der Waals surface area contributed by atoms with E-state index in [1.54, 1.807) is 6.07 Å². The molecule has 0 N–H and O–H groups in total. The highest BCUT2D eigenvalue weighted by Crippen LogP contribution is 2.22. The van der Waals surface area contributed by atoms with Gasteiger partial charge in [-0.2, -0.15) is 0 Å². The van der Waals surface area contributed by atoms with Gasteiger partial charge in [0.1, 0.15) is 18.1 Å². The highest BCUT2D eigenvalue weighted by molar-refractivity contribution is 5.22. The maximum Gasteiger partial charge on any atom is 0.339 e. The number of hydrogen-bond donors (Lipinski definition) is 0. The van der Waals surface area contributed by atoms with Crippen LogP contribution in [0.15, 0.2) is 21.3 Å². The molecule has 1 rings (SSSR count). The van der Waals surface area contributed by atoms with Gasteiger partial charge >= 0.3 is 5.63 Å². The van der Waals surface area contributed by atoms with E-state index in [2.05, 4.69) is 12.8 Å². The van der Waals surface area contributed by atoms with Crippen LogP contribution in [-0.4, -0.2) is 6.61 Å². The van der Waals surface area contributed by atoms with E-state index >= 15 is 0 Å². The molecule has 3 nitrogen and oxygen atoms in total. The third-order valence-electron chi connectivity index (χ3n) is 2.29. The second-order valence-electron chi connectivity index (χ2n) is 3.70. The van der Waals surface area contributed by atoms with Gasteiger partial charge in [0.15, 0.2) is 0 Å². The van der Waals surface area contributed by atoms with Crippen molar-refractivity contribution < 1.29 is 9.15 Å². The Bertz CT molecular complexity index is 426. The number of hydrogen-bond acceptors (Lipinski definition) is 3. The van der Waals surface area contributed by atoms with Gasteiger partial charge < -0.3 is 9.15 Å². The van der Waals surface area contributed by atoms with Crippen LogP contribution in [0.2, 0.25) is 0 Å². The van der Waals surface area contributed by atoms with E-state index in [1.165, 1.54) is 6.07 Å². The van der Waals surface area contributed by atoms with Crippen LogP contribution in [0.25, 0.3) is 0 Å². The first kappa shape index (κ1) is 12.4. The van der Waals surface area contributed by atoms with Crippen molar-refractivity contribution in [3.8, 4) is 18.1 Å². The second kappa shape index (κ2) is 6.02. The van der Waals surface area contributed by atoms with Crippen molar-refractivity contribution in [2.24, 2.45) is 0 Å². The van der Waals surface area contributed by atoms with E-state index in [0.717, 1.165) is 12.8 Å². The summed E-state index contributed by atoms with van der Waals surface area (Å²) in [7, 11) is 0. The fraction of sp³-hybridized carbons (Fsp3) is 0.462. The van der Waals surface area contributed by atoms with E-state index in [9.17, 15) is 4.79 Å². The first-order valence-corrected chi connectivity index (χ1v) is 5.38. The normalized spacial score (nSPS) is 11.8. The monoisotopic (exact) mass is 220 g/mol. The molecule has 0 fully saturated rings. The van der Waals surface area contributed by atoms with Gasteiger partial charge in [-0.1, -0.05) is 26.2 Å². The maximum absolute atomic E-state index is 11.3. The van der Waals surface area contributed by atoms with Crippen LogP contribution in [0.5, 0.6) is 5.75 Å². The summed E-state index contributed by atoms with van der Waals surface area (Å²) in [6.07, 6.45) is 7.10. The number of terminal acetylenes is 1. The Labute approximate surface area is 95.4 Å². The van der Waals surface area contributed by atoms with Crippen molar-refractivity contribution in [2.45, 2.75) is 32.6 Å². The van der Waals surface area contributed by atoms with Crippen molar-refractivity contribution in [1.29, 1.82) is 0 Å². The summed E-state index contributed by atoms with van der Waals surface area (Å²) in [5, 5.41) is 0. The van der Waals surface area contributed by atoms with Crippen molar-refractivity contribution in [3.05, 3.63) is 28.3 Å². The molecule has 0 aromatic carbocycles. The fourth-order valence-corrected chi connectivity index (χ4v) is 1.50. The summed E-state index contributed by atoms with van der Waals surface area (Å²) in [4.78, 5) is 11.3. The zero-order chi connectivity index (χ0) is 12.0. The molecule has 3 heteroatoms. The van der Waals surface area contributed by atoms with E-state index in [-0.39, 0.29) is 12.5 Å². The minimum atomic E-state index is -0.396. The molecular formula is C13H16O3. The lowest BCUT2D eigenvalue weighted by atomic mass is 10.0. The predicted molar refractivity (Wildman–Crippen MR) is 62.6 cm³/mol. The van der Waals surface area contributed by atoms with Crippen LogP contribution in [0.3, 0.4) is 0 Å². The third kappa shape index (κ3) is 3.47. The smallest absolute Gasteiger partial charge is 0.339 e. The predicted octanol–water partition coefficient (Wildman–Crippen LogP) is 2.56. The highest BCUT2D eigenvalue weighted by Gasteiger charge is 2.10. The Kier molecular flexibility index (Phi) is 4.65. The van der Waals surface area contributed by atoms with Gasteiger partial charge in [0.05, 0.1) is 6.07 Å². The van der Waals surface area contributed by atoms with Gasteiger partial charge in [0.25, 0.3) is 0 Å². The fourth-order valence-electron chi connectivity index (χ4n) is 1.50. The van der Waals surface area contributed by atoms with E-state index in [4.69, 9.17) is 15.6 Å². The SMILES string of the molecule is C#CCOc1cc([C@H](C)CCC)oc(=O)c1. The molecule has 0 unspecified atom stereocenters. The molecule has 0 spiro atoms. The van der Waals surface area contributed by atoms with Crippen molar-refractivity contribution >= 4 is 0 Å². The van der Waals surface area contributed by atoms with Crippen LogP contribution in [0.1, 0.15) is 38.4 Å². The summed E-state index contributed by atoms with van der Waals surface area (Å²) in [6, 6.07) is 3.04. The first-order valence-electron chi connectivity index (χ1n) is 5.38. The summed E-state index contributed by atoms with van der Waals surface area (Å²) in [6.45, 7) is 4.27. The topological polar surface area (TPSA) is 39.4 Å². The van der Waals surface area contributed by atoms with Crippen molar-refractivity contribution in [2.75, 3.05) is 6.61 Å². The molecule has 0 saturated carbocycles. The summed E-state index contributed by atoms with van der Waals surface area (Å²) in [5.41, 5.74) is -0.396. The van der Waals surface area contributed by atoms with E-state index in [1.807, 2.05) is 6.92 Å². The Hall–Kier alpha value is -1.69. The molecule has 0 aliphatic rings. The lowest BCUT2D eigenvalue weighted by molar-refractivity contribution is 0.351. The van der Waals surface area contributed by atoms with Crippen LogP contribution in [-0.2, 0) is 0 Å². The van der Waals surface area contributed by atoms with E-state index in [0.29, 0.717) is 11.5 Å². The maximum atomic E-state index is 11.3. The molecule has 0 bridgehead atoms. The van der Waals surface area contributed by atoms with Gasteiger partial charge in [0.2, 0.25) is 0 Å². The minimum absolute atomic E-state index is 0.158. The van der Waals surface area contributed by atoms with Crippen LogP contribution >= 0.6 is 0 Å².